The topological polar surface area (TPSA) is 70.2 Å². The largest absolute Gasteiger partial charge is 0.488 e. The molecular formula is C17H22ClN3O2. The van der Waals surface area contributed by atoms with Crippen LogP contribution in [-0.2, 0) is 6.54 Å². The number of hydrogen-bond acceptors (Lipinski definition) is 4. The highest BCUT2D eigenvalue weighted by Gasteiger charge is 2.33. The second kappa shape index (κ2) is 7.81. The highest BCUT2D eigenvalue weighted by molar-refractivity contribution is 6.30. The van der Waals surface area contributed by atoms with E-state index in [0.29, 0.717) is 5.02 Å². The number of hydrogen-bond donors (Lipinski definition) is 3. The lowest BCUT2D eigenvalue weighted by atomic mass is 9.84. The summed E-state index contributed by atoms with van der Waals surface area (Å²) in [5, 5.41) is 14.6. The molecule has 1 aromatic carbocycles. The molecule has 0 spiro atoms. The summed E-state index contributed by atoms with van der Waals surface area (Å²) in [4.78, 5) is 7.05. The maximum Gasteiger partial charge on any atom is 0.125 e. The van der Waals surface area contributed by atoms with Crippen LogP contribution in [0.1, 0.15) is 25.0 Å². The van der Waals surface area contributed by atoms with Gasteiger partial charge < -0.3 is 20.1 Å². The van der Waals surface area contributed by atoms with Crippen molar-refractivity contribution in [3.05, 3.63) is 47.5 Å². The van der Waals surface area contributed by atoms with Crippen molar-refractivity contribution in [2.45, 2.75) is 38.0 Å². The molecule has 0 unspecified atom stereocenters. The molecule has 0 radical (unpaired) electrons. The zero-order chi connectivity index (χ0) is 16.1. The number of ether oxygens (including phenoxy) is 1. The number of aromatic nitrogens is 2. The van der Waals surface area contributed by atoms with Crippen LogP contribution in [0.2, 0.25) is 5.02 Å². The molecule has 1 heterocycles. The molecule has 1 aliphatic rings. The van der Waals surface area contributed by atoms with E-state index in [1.807, 2.05) is 12.1 Å². The van der Waals surface area contributed by atoms with Gasteiger partial charge in [-0.05, 0) is 43.5 Å². The molecule has 0 bridgehead atoms. The van der Waals surface area contributed by atoms with E-state index >= 15 is 0 Å². The van der Waals surface area contributed by atoms with Crippen LogP contribution in [-0.4, -0.2) is 33.8 Å². The van der Waals surface area contributed by atoms with Gasteiger partial charge in [-0.1, -0.05) is 11.6 Å². The number of nitrogens with zero attached hydrogens (tertiary/aromatic N) is 1. The van der Waals surface area contributed by atoms with E-state index in [-0.39, 0.29) is 12.0 Å². The number of aliphatic hydroxyl groups excluding tert-OH is 1. The van der Waals surface area contributed by atoms with Gasteiger partial charge in [-0.15, -0.1) is 0 Å². The van der Waals surface area contributed by atoms with E-state index < -0.39 is 6.10 Å². The number of nitrogens with one attached hydrogen (secondary N) is 2. The second-order valence-electron chi connectivity index (χ2n) is 6.00. The summed E-state index contributed by atoms with van der Waals surface area (Å²) in [6.07, 6.45) is 5.79. The van der Waals surface area contributed by atoms with Gasteiger partial charge in [0.2, 0.25) is 0 Å². The normalized spacial score (nSPS) is 24.5. The Balaban J connectivity index is 1.51. The highest BCUT2D eigenvalue weighted by Crippen LogP contribution is 2.28. The Morgan fingerprint density at radius 2 is 2.13 bits per heavy atom. The van der Waals surface area contributed by atoms with Gasteiger partial charge in [-0.2, -0.15) is 0 Å². The summed E-state index contributed by atoms with van der Waals surface area (Å²) in [6.45, 7) is 1.49. The monoisotopic (exact) mass is 335 g/mol. The Labute approximate surface area is 141 Å². The Hall–Kier alpha value is -1.56. The molecule has 1 fully saturated rings. The molecule has 1 saturated carbocycles. The molecule has 0 aliphatic heterocycles. The van der Waals surface area contributed by atoms with Crippen LogP contribution in [0.4, 0.5) is 0 Å². The fraction of sp³-hybridized carbons (Fsp3) is 0.471. The van der Waals surface area contributed by atoms with Crippen molar-refractivity contribution in [1.82, 2.24) is 15.3 Å². The van der Waals surface area contributed by atoms with Crippen LogP contribution in [0.5, 0.6) is 5.75 Å². The Morgan fingerprint density at radius 1 is 1.30 bits per heavy atom. The molecule has 6 heteroatoms. The lowest BCUT2D eigenvalue weighted by Gasteiger charge is -2.35. The van der Waals surface area contributed by atoms with Crippen molar-refractivity contribution in [2.24, 2.45) is 5.92 Å². The summed E-state index contributed by atoms with van der Waals surface area (Å²) < 4.78 is 5.95. The molecule has 3 N–H and O–H groups in total. The fourth-order valence-corrected chi connectivity index (χ4v) is 3.17. The van der Waals surface area contributed by atoms with E-state index in [1.54, 1.807) is 24.7 Å². The van der Waals surface area contributed by atoms with Crippen LogP contribution in [0.15, 0.2) is 36.8 Å². The Kier molecular flexibility index (Phi) is 5.54. The molecule has 1 aromatic heterocycles. The number of rotatable bonds is 6. The van der Waals surface area contributed by atoms with Gasteiger partial charge >= 0.3 is 0 Å². The lowest BCUT2D eigenvalue weighted by Crippen LogP contribution is -2.44. The molecule has 5 nitrogen and oxygen atoms in total. The van der Waals surface area contributed by atoms with E-state index in [4.69, 9.17) is 16.3 Å². The maximum absolute atomic E-state index is 10.6. The summed E-state index contributed by atoms with van der Waals surface area (Å²) in [6, 6.07) is 7.29. The molecule has 0 amide bonds. The molecule has 3 rings (SSSR count). The zero-order valence-electron chi connectivity index (χ0n) is 12.9. The van der Waals surface area contributed by atoms with E-state index in [0.717, 1.165) is 43.8 Å². The van der Waals surface area contributed by atoms with Crippen LogP contribution in [0.25, 0.3) is 0 Å². The number of benzene rings is 1. The number of aliphatic hydroxyl groups is 1. The molecule has 3 atom stereocenters. The number of halogens is 1. The summed E-state index contributed by atoms with van der Waals surface area (Å²) in [5.41, 5.74) is 1.05. The predicted octanol–water partition coefficient (Wildman–Crippen LogP) is 2.76. The lowest BCUT2D eigenvalue weighted by molar-refractivity contribution is -0.0306. The van der Waals surface area contributed by atoms with Gasteiger partial charge in [0.05, 0.1) is 12.4 Å². The first-order chi connectivity index (χ1) is 11.2. The van der Waals surface area contributed by atoms with Crippen molar-refractivity contribution in [3.63, 3.8) is 0 Å². The molecule has 124 valence electrons. The third-order valence-electron chi connectivity index (χ3n) is 4.31. The van der Waals surface area contributed by atoms with Crippen molar-refractivity contribution in [1.29, 1.82) is 0 Å². The zero-order valence-corrected chi connectivity index (χ0v) is 13.7. The van der Waals surface area contributed by atoms with Gasteiger partial charge in [0.25, 0.3) is 0 Å². The highest BCUT2D eigenvalue weighted by atomic mass is 35.5. The Bertz CT molecular complexity index is 588. The Morgan fingerprint density at radius 3 is 2.87 bits per heavy atom. The first-order valence-corrected chi connectivity index (χ1v) is 8.38. The minimum atomic E-state index is -0.464. The maximum atomic E-state index is 10.6. The SMILES string of the molecule is O[C@@H]1[C@@H](CNCc2cnc[nH]2)CCC[C@H]1Oc1ccc(Cl)cc1. The predicted molar refractivity (Wildman–Crippen MR) is 89.5 cm³/mol. The minimum absolute atomic E-state index is 0.163. The van der Waals surface area contributed by atoms with Gasteiger partial charge in [0, 0.05) is 35.9 Å². The van der Waals surface area contributed by atoms with Crippen LogP contribution >= 0.6 is 11.6 Å². The first kappa shape index (κ1) is 16.3. The van der Waals surface area contributed by atoms with E-state index in [2.05, 4.69) is 15.3 Å². The second-order valence-corrected chi connectivity index (χ2v) is 6.44. The number of aromatic amines is 1. The van der Waals surface area contributed by atoms with Crippen molar-refractivity contribution in [3.8, 4) is 5.75 Å². The van der Waals surface area contributed by atoms with Crippen LogP contribution < -0.4 is 10.1 Å². The van der Waals surface area contributed by atoms with Gasteiger partial charge in [0.1, 0.15) is 11.9 Å². The average molecular weight is 336 g/mol. The molecule has 0 saturated heterocycles. The minimum Gasteiger partial charge on any atom is -0.488 e. The summed E-state index contributed by atoms with van der Waals surface area (Å²) >= 11 is 5.89. The molecule has 2 aromatic rings. The third kappa shape index (κ3) is 4.47. The molecular weight excluding hydrogens is 314 g/mol. The standard InChI is InChI=1S/C17H22ClN3O2/c18-13-4-6-15(7-5-13)23-16-3-1-2-12(17(16)22)8-19-9-14-10-20-11-21-14/h4-7,10-12,16-17,19,22H,1-3,8-9H2,(H,20,21)/t12-,16-,17-/m1/s1. The number of H-pyrrole nitrogens is 1. The van der Waals surface area contributed by atoms with Crippen LogP contribution in [0, 0.1) is 5.92 Å². The summed E-state index contributed by atoms with van der Waals surface area (Å²) in [7, 11) is 0. The number of imidazole rings is 1. The molecule has 23 heavy (non-hydrogen) atoms. The fourth-order valence-electron chi connectivity index (χ4n) is 3.04. The van der Waals surface area contributed by atoms with Crippen LogP contribution in [0.3, 0.4) is 0 Å². The smallest absolute Gasteiger partial charge is 0.125 e. The van der Waals surface area contributed by atoms with Gasteiger partial charge in [-0.3, -0.25) is 0 Å². The average Bonchev–Trinajstić information content (AvgIpc) is 3.06. The van der Waals surface area contributed by atoms with Gasteiger partial charge in [0.15, 0.2) is 0 Å². The molecule has 1 aliphatic carbocycles. The summed E-state index contributed by atoms with van der Waals surface area (Å²) in [5.74, 6) is 0.952. The third-order valence-corrected chi connectivity index (χ3v) is 4.56. The quantitative estimate of drug-likeness (QED) is 0.759. The first-order valence-electron chi connectivity index (χ1n) is 8.00. The van der Waals surface area contributed by atoms with Gasteiger partial charge in [-0.25, -0.2) is 4.98 Å². The van der Waals surface area contributed by atoms with E-state index in [1.165, 1.54) is 0 Å². The van der Waals surface area contributed by atoms with E-state index in [9.17, 15) is 5.11 Å². The van der Waals surface area contributed by atoms with Crippen molar-refractivity contribution >= 4 is 11.6 Å². The van der Waals surface area contributed by atoms with Crippen molar-refractivity contribution in [2.75, 3.05) is 6.54 Å². The van der Waals surface area contributed by atoms with Crippen molar-refractivity contribution < 1.29 is 9.84 Å².